The Bertz CT molecular complexity index is 1650. The molecule has 79 heavy (non-hydrogen) atoms. The van der Waals surface area contributed by atoms with Crippen molar-refractivity contribution in [1.82, 2.24) is 0 Å². The number of aliphatic hydroxyl groups is 2. The fourth-order valence-corrected chi connectivity index (χ4v) is 9.28. The third-order valence-electron chi connectivity index (χ3n) is 14.2. The first-order valence-electron chi connectivity index (χ1n) is 31.9. The standard InChI is InChI=1S/C67H114O12/c1-4-7-10-13-16-19-22-25-27-29-30-32-33-36-38-41-44-47-50-53-59(68)75-56-58(77-60(69)54-51-48-45-42-40-37-34-31-28-26-23-20-17-14-11-8-5-2)57-76-67-65(63(72)62(71)64(79-67)66(73)74)78-61(70)55-52-49-46-43-39-35-24-21-18-15-12-9-6-3/h16-17,19-21,24-28,30,32,58,62-65,67,71-72H,4-15,18,22-23,29,31,33-57H2,1-3H3,(H,73,74)/b19-16-,20-17-,24-21-,27-25-,28-26-,32-30-. The Labute approximate surface area is 480 Å². The van der Waals surface area contributed by atoms with Gasteiger partial charge in [0.2, 0.25) is 0 Å². The molecule has 3 N–H and O–H groups in total. The molecule has 1 heterocycles. The highest BCUT2D eigenvalue weighted by Crippen LogP contribution is 2.26. The summed E-state index contributed by atoms with van der Waals surface area (Å²) in [6.45, 7) is 5.92. The second-order valence-corrected chi connectivity index (χ2v) is 21.7. The molecule has 1 saturated heterocycles. The molecule has 0 aromatic rings. The van der Waals surface area contributed by atoms with E-state index in [1.54, 1.807) is 0 Å². The van der Waals surface area contributed by atoms with Crippen LogP contribution in [0.1, 0.15) is 278 Å². The molecule has 0 spiro atoms. The molecule has 6 unspecified atom stereocenters. The van der Waals surface area contributed by atoms with Gasteiger partial charge < -0.3 is 39.0 Å². The smallest absolute Gasteiger partial charge is 0.335 e. The van der Waals surface area contributed by atoms with Crippen LogP contribution in [-0.2, 0) is 42.9 Å². The Morgan fingerprint density at radius 1 is 0.418 bits per heavy atom. The van der Waals surface area contributed by atoms with Gasteiger partial charge in [-0.1, -0.05) is 216 Å². The fourth-order valence-electron chi connectivity index (χ4n) is 9.28. The molecule has 1 aliphatic heterocycles. The van der Waals surface area contributed by atoms with Gasteiger partial charge in [-0.25, -0.2) is 4.79 Å². The van der Waals surface area contributed by atoms with Crippen molar-refractivity contribution >= 4 is 23.9 Å². The van der Waals surface area contributed by atoms with Crippen LogP contribution in [0.25, 0.3) is 0 Å². The van der Waals surface area contributed by atoms with Crippen molar-refractivity contribution in [3.8, 4) is 0 Å². The average molecular weight is 1110 g/mol. The zero-order chi connectivity index (χ0) is 57.5. The number of carbonyl (C=O) groups is 4. The second-order valence-electron chi connectivity index (χ2n) is 21.7. The quantitative estimate of drug-likeness (QED) is 0.0228. The molecular formula is C67H114O12. The van der Waals surface area contributed by atoms with Gasteiger partial charge in [0.05, 0.1) is 6.61 Å². The minimum Gasteiger partial charge on any atom is -0.479 e. The maximum atomic E-state index is 13.2. The third-order valence-corrected chi connectivity index (χ3v) is 14.2. The van der Waals surface area contributed by atoms with E-state index in [2.05, 4.69) is 93.7 Å². The number of unbranched alkanes of at least 4 members (excludes halogenated alkanes) is 28. The summed E-state index contributed by atoms with van der Waals surface area (Å²) in [5.74, 6) is -3.15. The molecule has 0 amide bonds. The van der Waals surface area contributed by atoms with Gasteiger partial charge in [-0.05, 0) is 116 Å². The lowest BCUT2D eigenvalue weighted by molar-refractivity contribution is -0.301. The highest BCUT2D eigenvalue weighted by atomic mass is 16.7. The van der Waals surface area contributed by atoms with Gasteiger partial charge in [0.15, 0.2) is 24.6 Å². The minimum atomic E-state index is -1.91. The molecule has 0 bridgehead atoms. The van der Waals surface area contributed by atoms with E-state index in [0.29, 0.717) is 19.3 Å². The molecule has 0 saturated carbocycles. The highest BCUT2D eigenvalue weighted by Gasteiger charge is 2.50. The minimum absolute atomic E-state index is 0.0469. The molecule has 1 fully saturated rings. The lowest BCUT2D eigenvalue weighted by Crippen LogP contribution is -2.61. The number of carboxylic acid groups (broad SMARTS) is 1. The number of carboxylic acids is 1. The van der Waals surface area contributed by atoms with E-state index in [9.17, 15) is 34.5 Å². The van der Waals surface area contributed by atoms with Crippen molar-refractivity contribution in [1.29, 1.82) is 0 Å². The lowest BCUT2D eigenvalue weighted by atomic mass is 9.98. The summed E-state index contributed by atoms with van der Waals surface area (Å²) >= 11 is 0. The van der Waals surface area contributed by atoms with Crippen molar-refractivity contribution < 1.29 is 58.2 Å². The van der Waals surface area contributed by atoms with Crippen LogP contribution in [0.5, 0.6) is 0 Å². The number of hydrogen-bond acceptors (Lipinski definition) is 11. The molecule has 12 nitrogen and oxygen atoms in total. The molecule has 6 atom stereocenters. The monoisotopic (exact) mass is 1110 g/mol. The van der Waals surface area contributed by atoms with Crippen LogP contribution in [0.2, 0.25) is 0 Å². The molecule has 0 aliphatic carbocycles. The molecule has 0 radical (unpaired) electrons. The molecule has 12 heteroatoms. The summed E-state index contributed by atoms with van der Waals surface area (Å²) in [5.41, 5.74) is 0. The first-order chi connectivity index (χ1) is 38.6. The number of ether oxygens (including phenoxy) is 5. The molecule has 1 aliphatic rings. The molecule has 0 aromatic carbocycles. The highest BCUT2D eigenvalue weighted by molar-refractivity contribution is 5.74. The van der Waals surface area contributed by atoms with E-state index in [1.807, 2.05) is 0 Å². The van der Waals surface area contributed by atoms with Crippen LogP contribution in [0.4, 0.5) is 0 Å². The van der Waals surface area contributed by atoms with Crippen molar-refractivity contribution in [2.24, 2.45) is 0 Å². The lowest BCUT2D eigenvalue weighted by Gasteiger charge is -2.40. The maximum Gasteiger partial charge on any atom is 0.335 e. The van der Waals surface area contributed by atoms with Gasteiger partial charge in [0.1, 0.15) is 18.8 Å². The Kier molecular flexibility index (Phi) is 50.7. The van der Waals surface area contributed by atoms with Crippen molar-refractivity contribution in [3.63, 3.8) is 0 Å². The van der Waals surface area contributed by atoms with Gasteiger partial charge in [-0.3, -0.25) is 14.4 Å². The second kappa shape index (κ2) is 54.7. The Morgan fingerprint density at radius 3 is 1.19 bits per heavy atom. The zero-order valence-electron chi connectivity index (χ0n) is 50.1. The SMILES string of the molecule is CCCCC/C=C\C/C=C\C/C=C\CCCCCCCCC(=O)OCC(COC1OC(C(=O)O)C(O)C(O)C1OC(=O)CCCCCCC/C=C\CCCCCC)OC(=O)CCCCCCCCC/C=C\C/C=C\CCCCC. The van der Waals surface area contributed by atoms with Crippen LogP contribution < -0.4 is 0 Å². The molecule has 1 rings (SSSR count). The summed E-state index contributed by atoms with van der Waals surface area (Å²) in [4.78, 5) is 51.3. The molecule has 0 aromatic heterocycles. The van der Waals surface area contributed by atoms with Gasteiger partial charge in [-0.2, -0.15) is 0 Å². The predicted molar refractivity (Wildman–Crippen MR) is 322 cm³/mol. The summed E-state index contributed by atoms with van der Waals surface area (Å²) < 4.78 is 28.5. The van der Waals surface area contributed by atoms with Crippen molar-refractivity contribution in [2.45, 2.75) is 314 Å². The fraction of sp³-hybridized carbons (Fsp3) is 0.761. The predicted octanol–water partition coefficient (Wildman–Crippen LogP) is 16.9. The number of aliphatic carboxylic acids is 1. The van der Waals surface area contributed by atoms with Crippen LogP contribution in [0.15, 0.2) is 72.9 Å². The van der Waals surface area contributed by atoms with Crippen molar-refractivity contribution in [2.75, 3.05) is 13.2 Å². The summed E-state index contributed by atoms with van der Waals surface area (Å²) in [6.07, 6.45) is 57.1. The Hall–Kier alpha value is -3.84. The third kappa shape index (κ3) is 44.5. The van der Waals surface area contributed by atoms with E-state index in [-0.39, 0.29) is 25.9 Å². The van der Waals surface area contributed by atoms with E-state index in [0.717, 1.165) is 135 Å². The van der Waals surface area contributed by atoms with Gasteiger partial charge in [0.25, 0.3) is 0 Å². The number of esters is 3. The largest absolute Gasteiger partial charge is 0.479 e. The van der Waals surface area contributed by atoms with Gasteiger partial charge in [-0.15, -0.1) is 0 Å². The summed E-state index contributed by atoms with van der Waals surface area (Å²) in [6, 6.07) is 0. The van der Waals surface area contributed by atoms with Gasteiger partial charge in [0, 0.05) is 19.3 Å². The number of carbonyl (C=O) groups excluding carboxylic acids is 3. The average Bonchev–Trinajstić information content (AvgIpc) is 3.44. The van der Waals surface area contributed by atoms with Crippen LogP contribution >= 0.6 is 0 Å². The summed E-state index contributed by atoms with van der Waals surface area (Å²) in [5, 5.41) is 31.5. The van der Waals surface area contributed by atoms with E-state index in [1.165, 1.54) is 83.5 Å². The van der Waals surface area contributed by atoms with E-state index < -0.39 is 67.3 Å². The van der Waals surface area contributed by atoms with Crippen LogP contribution in [0, 0.1) is 0 Å². The normalized spacial score (nSPS) is 18.3. The van der Waals surface area contributed by atoms with Gasteiger partial charge >= 0.3 is 23.9 Å². The van der Waals surface area contributed by atoms with E-state index >= 15 is 0 Å². The van der Waals surface area contributed by atoms with Crippen LogP contribution in [0.3, 0.4) is 0 Å². The molecule has 454 valence electrons. The number of rotatable bonds is 54. The number of aliphatic hydroxyl groups excluding tert-OH is 2. The number of allylic oxidation sites excluding steroid dienone is 12. The van der Waals surface area contributed by atoms with Crippen LogP contribution in [-0.4, -0.2) is 89.2 Å². The Balaban J connectivity index is 2.68. The first kappa shape index (κ1) is 73.2. The maximum absolute atomic E-state index is 13.2. The zero-order valence-corrected chi connectivity index (χ0v) is 50.1. The first-order valence-corrected chi connectivity index (χ1v) is 31.9. The summed E-state index contributed by atoms with van der Waals surface area (Å²) in [7, 11) is 0. The Morgan fingerprint density at radius 2 is 0.759 bits per heavy atom. The topological polar surface area (TPSA) is 175 Å². The number of hydrogen-bond donors (Lipinski definition) is 3. The molecular weight excluding hydrogens is 997 g/mol. The van der Waals surface area contributed by atoms with E-state index in [4.69, 9.17) is 23.7 Å². The van der Waals surface area contributed by atoms with Crippen molar-refractivity contribution in [3.05, 3.63) is 72.9 Å².